The largest absolute Gasteiger partial charge is 0.358 e. The summed E-state index contributed by atoms with van der Waals surface area (Å²) in [5, 5.41) is 6.00. The van der Waals surface area contributed by atoms with Gasteiger partial charge >= 0.3 is 0 Å². The molecule has 11 rings (SSSR count). The number of hydrogen-bond donors (Lipinski definition) is 1. The second-order valence-corrected chi connectivity index (χ2v) is 15.7. The number of allylic oxidation sites excluding steroid dienone is 2. The third kappa shape index (κ3) is 5.40. The minimum absolute atomic E-state index is 0.0456. The number of rotatable bonds is 6. The van der Waals surface area contributed by atoms with Gasteiger partial charge in [-0.1, -0.05) is 153 Å². The Bertz CT molecular complexity index is 2890. The molecule has 0 saturated carbocycles. The fourth-order valence-corrected chi connectivity index (χ4v) is 9.12. The zero-order valence-electron chi connectivity index (χ0n) is 31.9. The van der Waals surface area contributed by atoms with Gasteiger partial charge in [-0.25, -0.2) is 4.98 Å². The van der Waals surface area contributed by atoms with E-state index in [2.05, 4.69) is 223 Å². The summed E-state index contributed by atoms with van der Waals surface area (Å²) >= 11 is 0. The van der Waals surface area contributed by atoms with Crippen LogP contribution in [0.1, 0.15) is 25.0 Å². The molecule has 0 spiro atoms. The van der Waals surface area contributed by atoms with E-state index in [0.29, 0.717) is 0 Å². The molecule has 4 heteroatoms. The van der Waals surface area contributed by atoms with Crippen LogP contribution in [0.15, 0.2) is 194 Å². The standard InChI is InChI=1S/C53H40N4/c1-53(2)47-17-9-8-14-43(47)46-34-42(31-32-48(46)53)57(40-27-23-37(24-28-40)35-12-4-3-5-13-35)41-29-25-38(26-30-41)36-19-21-39(22-20-36)50-44-15-6-7-16-45(44)51-52(55-50)56-33-11-10-18-49(56)54-51/h3-34,49,54H,1-2H3. The highest BCUT2D eigenvalue weighted by Gasteiger charge is 2.36. The van der Waals surface area contributed by atoms with Crippen LogP contribution in [0, 0.1) is 0 Å². The molecule has 1 aromatic heterocycles. The summed E-state index contributed by atoms with van der Waals surface area (Å²) in [4.78, 5) is 9.86. The lowest BCUT2D eigenvalue weighted by Gasteiger charge is -2.27. The highest BCUT2D eigenvalue weighted by molar-refractivity contribution is 6.07. The molecular formula is C53H40N4. The molecule has 8 aromatic rings. The number of benzene rings is 7. The van der Waals surface area contributed by atoms with Crippen molar-refractivity contribution in [3.8, 4) is 44.6 Å². The Hall–Kier alpha value is -7.17. The normalized spacial score (nSPS) is 15.5. The van der Waals surface area contributed by atoms with Crippen LogP contribution in [0.25, 0.3) is 55.4 Å². The van der Waals surface area contributed by atoms with E-state index in [1.165, 1.54) is 44.3 Å². The molecule has 272 valence electrons. The van der Waals surface area contributed by atoms with E-state index < -0.39 is 0 Å². The van der Waals surface area contributed by atoms with Crippen molar-refractivity contribution >= 4 is 39.3 Å². The number of hydrogen-bond acceptors (Lipinski definition) is 4. The Labute approximate surface area is 333 Å². The Morgan fingerprint density at radius 1 is 0.526 bits per heavy atom. The van der Waals surface area contributed by atoms with Crippen molar-refractivity contribution < 1.29 is 0 Å². The summed E-state index contributed by atoms with van der Waals surface area (Å²) in [6, 6.07) is 61.8. The van der Waals surface area contributed by atoms with Gasteiger partial charge in [0, 0.05) is 45.0 Å². The van der Waals surface area contributed by atoms with Crippen molar-refractivity contribution in [2.45, 2.75) is 25.4 Å². The molecule has 4 nitrogen and oxygen atoms in total. The predicted molar refractivity (Wildman–Crippen MR) is 238 cm³/mol. The van der Waals surface area contributed by atoms with Crippen LogP contribution in [-0.4, -0.2) is 11.1 Å². The summed E-state index contributed by atoms with van der Waals surface area (Å²) < 4.78 is 0. The monoisotopic (exact) mass is 732 g/mol. The lowest BCUT2D eigenvalue weighted by Crippen LogP contribution is -2.30. The van der Waals surface area contributed by atoms with Crippen LogP contribution in [0.5, 0.6) is 0 Å². The summed E-state index contributed by atoms with van der Waals surface area (Å²) in [6.07, 6.45) is 8.51. The van der Waals surface area contributed by atoms with Gasteiger partial charge < -0.3 is 15.1 Å². The second-order valence-electron chi connectivity index (χ2n) is 15.7. The molecule has 57 heavy (non-hydrogen) atoms. The van der Waals surface area contributed by atoms with Gasteiger partial charge in [0.25, 0.3) is 0 Å². The Balaban J connectivity index is 0.952. The average molecular weight is 733 g/mol. The summed E-state index contributed by atoms with van der Waals surface area (Å²) in [7, 11) is 0. The first-order chi connectivity index (χ1) is 28.0. The van der Waals surface area contributed by atoms with Gasteiger partial charge in [0.2, 0.25) is 0 Å². The van der Waals surface area contributed by atoms with E-state index in [-0.39, 0.29) is 11.6 Å². The van der Waals surface area contributed by atoms with Crippen molar-refractivity contribution in [3.05, 3.63) is 205 Å². The number of aromatic nitrogens is 1. The van der Waals surface area contributed by atoms with Crippen molar-refractivity contribution in [2.24, 2.45) is 0 Å². The second kappa shape index (κ2) is 13.0. The number of nitrogens with one attached hydrogen (secondary N) is 1. The summed E-state index contributed by atoms with van der Waals surface area (Å²) in [5.74, 6) is 0.963. The SMILES string of the molecule is CC1(C)c2ccccc2-c2cc(N(c3ccc(-c4ccccc4)cc3)c3ccc(-c4ccc(-c5nc6c(c7ccccc57)NC5C=CC=CN65)cc4)cc3)ccc21. The smallest absolute Gasteiger partial charge is 0.159 e. The first kappa shape index (κ1) is 33.2. The predicted octanol–water partition coefficient (Wildman–Crippen LogP) is 13.7. The van der Waals surface area contributed by atoms with E-state index in [1.54, 1.807) is 0 Å². The van der Waals surface area contributed by atoms with Crippen molar-refractivity contribution in [2.75, 3.05) is 15.1 Å². The summed E-state index contributed by atoms with van der Waals surface area (Å²) in [6.45, 7) is 4.67. The van der Waals surface area contributed by atoms with Gasteiger partial charge in [-0.05, 0) is 93.1 Å². The number of nitrogens with zero attached hydrogens (tertiary/aromatic N) is 3. The average Bonchev–Trinajstić information content (AvgIpc) is 3.76. The van der Waals surface area contributed by atoms with Crippen molar-refractivity contribution in [1.82, 2.24) is 4.98 Å². The molecule has 1 unspecified atom stereocenters. The van der Waals surface area contributed by atoms with E-state index >= 15 is 0 Å². The van der Waals surface area contributed by atoms with Crippen LogP contribution in [0.4, 0.5) is 28.6 Å². The molecule has 1 atom stereocenters. The zero-order chi connectivity index (χ0) is 38.1. The van der Waals surface area contributed by atoms with Crippen molar-refractivity contribution in [1.29, 1.82) is 0 Å². The Morgan fingerprint density at radius 2 is 1.09 bits per heavy atom. The molecular weight excluding hydrogens is 693 g/mol. The minimum Gasteiger partial charge on any atom is -0.358 e. The number of pyridine rings is 1. The third-order valence-corrected chi connectivity index (χ3v) is 12.1. The van der Waals surface area contributed by atoms with Crippen LogP contribution >= 0.6 is 0 Å². The van der Waals surface area contributed by atoms with Gasteiger partial charge in [0.1, 0.15) is 6.17 Å². The molecule has 1 aliphatic carbocycles. The third-order valence-electron chi connectivity index (χ3n) is 12.1. The van der Waals surface area contributed by atoms with Crippen LogP contribution in [0.3, 0.4) is 0 Å². The summed E-state index contributed by atoms with van der Waals surface area (Å²) in [5.41, 5.74) is 16.6. The van der Waals surface area contributed by atoms with E-state index in [0.717, 1.165) is 50.8 Å². The van der Waals surface area contributed by atoms with Crippen LogP contribution < -0.4 is 15.1 Å². The molecule has 0 amide bonds. The number of fused-ring (bicyclic) bond motifs is 8. The molecule has 3 aliphatic rings. The van der Waals surface area contributed by atoms with E-state index in [4.69, 9.17) is 4.98 Å². The molecule has 3 heterocycles. The maximum atomic E-state index is 5.26. The van der Waals surface area contributed by atoms with Crippen molar-refractivity contribution in [3.63, 3.8) is 0 Å². The van der Waals surface area contributed by atoms with Gasteiger partial charge in [-0.3, -0.25) is 0 Å². The molecule has 2 aliphatic heterocycles. The van der Waals surface area contributed by atoms with Gasteiger partial charge in [-0.15, -0.1) is 0 Å². The molecule has 0 saturated heterocycles. The molecule has 0 fully saturated rings. The van der Waals surface area contributed by atoms with Crippen LogP contribution in [0.2, 0.25) is 0 Å². The number of anilines is 5. The van der Waals surface area contributed by atoms with Gasteiger partial charge in [-0.2, -0.15) is 0 Å². The molecule has 0 bridgehead atoms. The molecule has 1 N–H and O–H groups in total. The molecule has 0 radical (unpaired) electrons. The Kier molecular flexibility index (Phi) is 7.55. The highest BCUT2D eigenvalue weighted by atomic mass is 15.4. The van der Waals surface area contributed by atoms with E-state index in [1.807, 2.05) is 0 Å². The van der Waals surface area contributed by atoms with Gasteiger partial charge in [0.05, 0.1) is 11.4 Å². The highest BCUT2D eigenvalue weighted by Crippen LogP contribution is 2.51. The Morgan fingerprint density at radius 3 is 1.81 bits per heavy atom. The fourth-order valence-electron chi connectivity index (χ4n) is 9.12. The fraction of sp³-hybridized carbons (Fsp3) is 0.0755. The van der Waals surface area contributed by atoms with Gasteiger partial charge in [0.15, 0.2) is 5.82 Å². The quantitative estimate of drug-likeness (QED) is 0.184. The minimum atomic E-state index is -0.0456. The first-order valence-corrected chi connectivity index (χ1v) is 19.7. The lowest BCUT2D eigenvalue weighted by molar-refractivity contribution is 0.660. The first-order valence-electron chi connectivity index (χ1n) is 19.7. The zero-order valence-corrected chi connectivity index (χ0v) is 31.9. The maximum absolute atomic E-state index is 5.26. The van der Waals surface area contributed by atoms with Crippen LogP contribution in [-0.2, 0) is 5.41 Å². The molecule has 7 aromatic carbocycles. The van der Waals surface area contributed by atoms with E-state index in [9.17, 15) is 0 Å². The lowest BCUT2D eigenvalue weighted by atomic mass is 9.82. The topological polar surface area (TPSA) is 31.4 Å². The maximum Gasteiger partial charge on any atom is 0.159 e.